The third-order valence-electron chi connectivity index (χ3n) is 5.79. The highest BCUT2D eigenvalue weighted by Crippen LogP contribution is 2.34. The first-order valence-corrected chi connectivity index (χ1v) is 13.0. The van der Waals surface area contributed by atoms with Gasteiger partial charge < -0.3 is 19.5 Å². The Morgan fingerprint density at radius 3 is 2.36 bits per heavy atom. The van der Waals surface area contributed by atoms with Gasteiger partial charge in [-0.3, -0.25) is 4.79 Å². The van der Waals surface area contributed by atoms with Gasteiger partial charge in [0.25, 0.3) is 10.0 Å². The van der Waals surface area contributed by atoms with Crippen molar-refractivity contribution in [2.24, 2.45) is 0 Å². The molecule has 1 amide bonds. The Bertz CT molecular complexity index is 995. The molecule has 2 heterocycles. The lowest BCUT2D eigenvalue weighted by molar-refractivity contribution is -0.138. The molecule has 1 aromatic carbocycles. The smallest absolute Gasteiger partial charge is 0.267 e. The van der Waals surface area contributed by atoms with Crippen molar-refractivity contribution in [2.45, 2.75) is 62.7 Å². The van der Waals surface area contributed by atoms with Crippen LogP contribution in [0.2, 0.25) is 0 Å². The summed E-state index contributed by atoms with van der Waals surface area (Å²) in [5.41, 5.74) is -1.18. The number of amides is 1. The van der Waals surface area contributed by atoms with Crippen LogP contribution in [0.25, 0.3) is 0 Å². The molecule has 0 spiro atoms. The molecule has 3 rings (SSSR count). The first kappa shape index (κ1) is 25.4. The predicted molar refractivity (Wildman–Crippen MR) is 124 cm³/mol. The molecule has 0 bridgehead atoms. The van der Waals surface area contributed by atoms with E-state index in [0.29, 0.717) is 38.3 Å². The van der Waals surface area contributed by atoms with Crippen molar-refractivity contribution in [2.75, 3.05) is 26.3 Å². The Labute approximate surface area is 196 Å². The summed E-state index contributed by atoms with van der Waals surface area (Å²) in [5, 5.41) is 11.7. The summed E-state index contributed by atoms with van der Waals surface area (Å²) in [7, 11) is -3.81. The zero-order chi connectivity index (χ0) is 23.9. The molecule has 1 fully saturated rings. The van der Waals surface area contributed by atoms with E-state index in [0.717, 1.165) is 16.8 Å². The van der Waals surface area contributed by atoms with Gasteiger partial charge in [0.1, 0.15) is 5.60 Å². The van der Waals surface area contributed by atoms with Gasteiger partial charge in [-0.25, -0.2) is 12.4 Å². The minimum atomic E-state index is -3.81. The van der Waals surface area contributed by atoms with E-state index in [-0.39, 0.29) is 23.6 Å². The average Bonchev–Trinajstić information content (AvgIpc) is 3.51. The van der Waals surface area contributed by atoms with Crippen LogP contribution < -0.4 is 0 Å². The van der Waals surface area contributed by atoms with E-state index in [2.05, 4.69) is 0 Å². The predicted octanol–water partition coefficient (Wildman–Crippen LogP) is 3.10. The van der Waals surface area contributed by atoms with Crippen molar-refractivity contribution in [1.82, 2.24) is 8.87 Å². The third-order valence-corrected chi connectivity index (χ3v) is 7.44. The Kier molecular flexibility index (Phi) is 8.69. The van der Waals surface area contributed by atoms with E-state index in [1.165, 1.54) is 24.5 Å². The van der Waals surface area contributed by atoms with Gasteiger partial charge in [-0.1, -0.05) is 32.0 Å². The van der Waals surface area contributed by atoms with Gasteiger partial charge in [-0.15, -0.1) is 0 Å². The van der Waals surface area contributed by atoms with Gasteiger partial charge in [0.05, 0.1) is 24.5 Å². The van der Waals surface area contributed by atoms with E-state index < -0.39 is 21.9 Å². The number of hydrogen-bond donors (Lipinski definition) is 1. The Morgan fingerprint density at radius 1 is 1.12 bits per heavy atom. The van der Waals surface area contributed by atoms with E-state index in [9.17, 15) is 18.3 Å². The molecular weight excluding hydrogens is 444 g/mol. The molecule has 33 heavy (non-hydrogen) atoms. The van der Waals surface area contributed by atoms with Crippen LogP contribution in [-0.2, 0) is 29.9 Å². The Hall–Kier alpha value is -2.20. The van der Waals surface area contributed by atoms with E-state index in [1.807, 2.05) is 13.8 Å². The molecular formula is C24H34N2O6S. The summed E-state index contributed by atoms with van der Waals surface area (Å²) in [6.07, 6.45) is 4.45. The van der Waals surface area contributed by atoms with Gasteiger partial charge in [-0.05, 0) is 37.5 Å². The van der Waals surface area contributed by atoms with Crippen LogP contribution in [0.1, 0.15) is 51.5 Å². The largest absolute Gasteiger partial charge is 0.385 e. The molecule has 1 atom stereocenters. The number of hydrogen-bond acceptors (Lipinski definition) is 6. The van der Waals surface area contributed by atoms with Crippen molar-refractivity contribution < 1.29 is 27.8 Å². The highest BCUT2D eigenvalue weighted by molar-refractivity contribution is 7.90. The number of nitrogens with zero attached hydrogens (tertiary/aromatic N) is 2. The fraction of sp³-hybridized carbons (Fsp3) is 0.542. The molecule has 1 N–H and O–H groups in total. The maximum absolute atomic E-state index is 13.1. The van der Waals surface area contributed by atoms with Crippen molar-refractivity contribution in [1.29, 1.82) is 0 Å². The number of carbonyl (C=O) groups excluding carboxylic acids is 1. The van der Waals surface area contributed by atoms with Gasteiger partial charge in [0.2, 0.25) is 5.91 Å². The normalized spacial score (nSPS) is 16.6. The van der Waals surface area contributed by atoms with Gasteiger partial charge >= 0.3 is 0 Å². The van der Waals surface area contributed by atoms with Crippen molar-refractivity contribution in [3.05, 3.63) is 54.4 Å². The van der Waals surface area contributed by atoms with Crippen LogP contribution in [0.5, 0.6) is 0 Å². The first-order valence-electron chi connectivity index (χ1n) is 11.5. The number of ether oxygens (including phenoxy) is 2. The molecule has 182 valence electrons. The maximum Gasteiger partial charge on any atom is 0.267 e. The third kappa shape index (κ3) is 6.23. The zero-order valence-electron chi connectivity index (χ0n) is 19.4. The SMILES string of the molecule is CCCN(CCC)C(=O)CC(O)(CCC1OCCO1)c1ccn(S(=O)(=O)c2ccccc2)c1. The van der Waals surface area contributed by atoms with Crippen LogP contribution in [0.3, 0.4) is 0 Å². The number of benzene rings is 1. The van der Waals surface area contributed by atoms with Gasteiger partial charge in [0, 0.05) is 37.5 Å². The van der Waals surface area contributed by atoms with Crippen LogP contribution in [-0.4, -0.2) is 60.9 Å². The Balaban J connectivity index is 1.88. The first-order chi connectivity index (χ1) is 15.8. The number of carbonyl (C=O) groups is 1. The summed E-state index contributed by atoms with van der Waals surface area (Å²) >= 11 is 0. The van der Waals surface area contributed by atoms with E-state index >= 15 is 0 Å². The topological polar surface area (TPSA) is 98.1 Å². The number of aliphatic hydroxyl groups is 1. The standard InChI is InChI=1S/C24H34N2O6S/c1-3-13-25(14-4-2)22(27)18-24(28,12-10-23-31-16-17-32-23)20-11-15-26(19-20)33(29,30)21-8-6-5-7-9-21/h5-9,11,15,19,23,28H,3-4,10,12-14,16-18H2,1-2H3. The van der Waals surface area contributed by atoms with Crippen LogP contribution in [0.15, 0.2) is 53.7 Å². The highest BCUT2D eigenvalue weighted by atomic mass is 32.2. The van der Waals surface area contributed by atoms with Crippen molar-refractivity contribution in [3.63, 3.8) is 0 Å². The molecule has 1 aliphatic rings. The second kappa shape index (κ2) is 11.3. The molecule has 0 radical (unpaired) electrons. The second-order valence-corrected chi connectivity index (χ2v) is 10.2. The van der Waals surface area contributed by atoms with Gasteiger partial charge in [0.15, 0.2) is 6.29 Å². The van der Waals surface area contributed by atoms with Crippen LogP contribution in [0, 0.1) is 0 Å². The number of aromatic nitrogens is 1. The average molecular weight is 479 g/mol. The molecule has 9 heteroatoms. The van der Waals surface area contributed by atoms with Crippen LogP contribution in [0.4, 0.5) is 0 Å². The summed E-state index contributed by atoms with van der Waals surface area (Å²) in [5.74, 6) is -0.159. The van der Waals surface area contributed by atoms with Crippen molar-refractivity contribution >= 4 is 15.9 Å². The fourth-order valence-corrected chi connectivity index (χ4v) is 5.26. The molecule has 1 saturated heterocycles. The lowest BCUT2D eigenvalue weighted by atomic mass is 9.87. The highest BCUT2D eigenvalue weighted by Gasteiger charge is 2.36. The minimum Gasteiger partial charge on any atom is -0.385 e. The molecule has 0 aliphatic carbocycles. The second-order valence-electron chi connectivity index (χ2n) is 8.35. The van der Waals surface area contributed by atoms with E-state index in [4.69, 9.17) is 9.47 Å². The summed E-state index contributed by atoms with van der Waals surface area (Å²) < 4.78 is 38.1. The molecule has 0 saturated carbocycles. The molecule has 1 aliphatic heterocycles. The minimum absolute atomic E-state index is 0.144. The molecule has 1 aromatic heterocycles. The van der Waals surface area contributed by atoms with Crippen molar-refractivity contribution in [3.8, 4) is 0 Å². The monoisotopic (exact) mass is 478 g/mol. The quantitative estimate of drug-likeness (QED) is 0.503. The lowest BCUT2D eigenvalue weighted by Crippen LogP contribution is -2.39. The summed E-state index contributed by atoms with van der Waals surface area (Å²) in [6, 6.07) is 9.66. The van der Waals surface area contributed by atoms with E-state index in [1.54, 1.807) is 29.2 Å². The summed E-state index contributed by atoms with van der Waals surface area (Å²) in [6.45, 7) is 6.22. The molecule has 1 unspecified atom stereocenters. The molecule has 8 nitrogen and oxygen atoms in total. The summed E-state index contributed by atoms with van der Waals surface area (Å²) in [4.78, 5) is 15.0. The molecule has 2 aromatic rings. The van der Waals surface area contributed by atoms with Crippen LogP contribution >= 0.6 is 0 Å². The zero-order valence-corrected chi connectivity index (χ0v) is 20.2. The fourth-order valence-electron chi connectivity index (χ4n) is 4.04. The number of rotatable bonds is 12. The lowest BCUT2D eigenvalue weighted by Gasteiger charge is -2.31. The Morgan fingerprint density at radius 2 is 1.76 bits per heavy atom. The maximum atomic E-state index is 13.1. The van der Waals surface area contributed by atoms with Gasteiger partial charge in [-0.2, -0.15) is 0 Å².